The third-order valence-corrected chi connectivity index (χ3v) is 3.66. The summed E-state index contributed by atoms with van der Waals surface area (Å²) < 4.78 is 0. The van der Waals surface area contributed by atoms with Crippen LogP contribution in [0.4, 0.5) is 0 Å². The van der Waals surface area contributed by atoms with E-state index in [9.17, 15) is 9.90 Å². The highest BCUT2D eigenvalue weighted by atomic mass is 16.3. The molecule has 1 aliphatic heterocycles. The molecule has 4 heteroatoms. The van der Waals surface area contributed by atoms with E-state index in [0.29, 0.717) is 18.1 Å². The molecule has 1 amide bonds. The van der Waals surface area contributed by atoms with Gasteiger partial charge < -0.3 is 14.9 Å². The lowest BCUT2D eigenvalue weighted by molar-refractivity contribution is -0.133. The lowest BCUT2D eigenvalue weighted by atomic mass is 9.97. The van der Waals surface area contributed by atoms with Crippen molar-refractivity contribution in [2.24, 2.45) is 5.92 Å². The maximum absolute atomic E-state index is 11.4. The predicted octanol–water partition coefficient (Wildman–Crippen LogP) is 1.69. The quantitative estimate of drug-likeness (QED) is 0.898. The minimum atomic E-state index is 0.256. The zero-order valence-corrected chi connectivity index (χ0v) is 11.7. The number of phenolic OH excluding ortho intramolecular Hbond substituents is 1. The highest BCUT2D eigenvalue weighted by molar-refractivity contribution is 5.76. The fourth-order valence-corrected chi connectivity index (χ4v) is 2.72. The molecule has 1 aliphatic rings. The van der Waals surface area contributed by atoms with Gasteiger partial charge in [0.2, 0.25) is 5.91 Å². The molecular weight excluding hydrogens is 240 g/mol. The molecule has 0 saturated carbocycles. The van der Waals surface area contributed by atoms with Gasteiger partial charge in [-0.2, -0.15) is 0 Å². The van der Waals surface area contributed by atoms with Crippen LogP contribution in [0, 0.1) is 5.92 Å². The van der Waals surface area contributed by atoms with E-state index in [1.54, 1.807) is 12.1 Å². The average molecular weight is 262 g/mol. The Bertz CT molecular complexity index is 448. The molecule has 1 saturated heterocycles. The van der Waals surface area contributed by atoms with Gasteiger partial charge in [0, 0.05) is 33.1 Å². The summed E-state index contributed by atoms with van der Waals surface area (Å²) in [6.45, 7) is 2.65. The fourth-order valence-electron chi connectivity index (χ4n) is 2.72. The molecule has 4 nitrogen and oxygen atoms in total. The topological polar surface area (TPSA) is 43.8 Å². The fraction of sp³-hybridized carbons (Fsp3) is 0.533. The third-order valence-electron chi connectivity index (χ3n) is 3.66. The summed E-state index contributed by atoms with van der Waals surface area (Å²) in [5, 5.41) is 9.45. The minimum Gasteiger partial charge on any atom is -0.508 e. The molecule has 0 aliphatic carbocycles. The monoisotopic (exact) mass is 262 g/mol. The molecule has 1 heterocycles. The first-order chi connectivity index (χ1) is 9.04. The number of aromatic hydroxyl groups is 1. The average Bonchev–Trinajstić information content (AvgIpc) is 2.34. The van der Waals surface area contributed by atoms with Gasteiger partial charge in [0.25, 0.3) is 0 Å². The van der Waals surface area contributed by atoms with Crippen LogP contribution in [0.3, 0.4) is 0 Å². The van der Waals surface area contributed by atoms with Crippen molar-refractivity contribution in [3.05, 3.63) is 29.8 Å². The summed E-state index contributed by atoms with van der Waals surface area (Å²) in [5.74, 6) is 1.12. The van der Waals surface area contributed by atoms with E-state index in [2.05, 4.69) is 11.9 Å². The standard InChI is InChI=1S/C15H22N2O2/c1-16(9-12-4-3-5-14(18)8-12)10-13-6-7-15(19)17(2)11-13/h3-5,8,13,18H,6-7,9-11H2,1-2H3. The van der Waals surface area contributed by atoms with E-state index in [-0.39, 0.29) is 5.91 Å². The summed E-state index contributed by atoms with van der Waals surface area (Å²) in [4.78, 5) is 15.5. The SMILES string of the molecule is CN(Cc1cccc(O)c1)CC1CCC(=O)N(C)C1. The Balaban J connectivity index is 1.84. The lowest BCUT2D eigenvalue weighted by Crippen LogP contribution is -2.41. The second-order valence-corrected chi connectivity index (χ2v) is 5.55. The number of likely N-dealkylation sites (tertiary alicyclic amines) is 1. The van der Waals surface area contributed by atoms with Crippen LogP contribution in [0.2, 0.25) is 0 Å². The van der Waals surface area contributed by atoms with Crippen LogP contribution in [0.15, 0.2) is 24.3 Å². The summed E-state index contributed by atoms with van der Waals surface area (Å²) in [5.41, 5.74) is 1.11. The molecule has 1 aromatic rings. The van der Waals surface area contributed by atoms with Crippen molar-refractivity contribution in [3.8, 4) is 5.75 Å². The van der Waals surface area contributed by atoms with Gasteiger partial charge in [-0.1, -0.05) is 12.1 Å². The van der Waals surface area contributed by atoms with Gasteiger partial charge in [-0.25, -0.2) is 0 Å². The number of carbonyl (C=O) groups excluding carboxylic acids is 1. The van der Waals surface area contributed by atoms with E-state index >= 15 is 0 Å². The highest BCUT2D eigenvalue weighted by Crippen LogP contribution is 2.18. The predicted molar refractivity (Wildman–Crippen MR) is 74.8 cm³/mol. The van der Waals surface area contributed by atoms with Crippen LogP contribution >= 0.6 is 0 Å². The Morgan fingerprint density at radius 3 is 2.95 bits per heavy atom. The van der Waals surface area contributed by atoms with Gasteiger partial charge in [-0.3, -0.25) is 4.79 Å². The molecule has 104 valence electrons. The van der Waals surface area contributed by atoms with Crippen molar-refractivity contribution in [1.29, 1.82) is 0 Å². The number of phenols is 1. The minimum absolute atomic E-state index is 0.256. The Morgan fingerprint density at radius 1 is 1.47 bits per heavy atom. The van der Waals surface area contributed by atoms with E-state index < -0.39 is 0 Å². The Morgan fingerprint density at radius 2 is 2.26 bits per heavy atom. The van der Waals surface area contributed by atoms with E-state index in [0.717, 1.165) is 31.6 Å². The summed E-state index contributed by atoms with van der Waals surface area (Å²) in [6, 6.07) is 7.37. The van der Waals surface area contributed by atoms with Crippen LogP contribution in [-0.2, 0) is 11.3 Å². The number of rotatable bonds is 4. The van der Waals surface area contributed by atoms with Crippen molar-refractivity contribution in [3.63, 3.8) is 0 Å². The first kappa shape index (κ1) is 13.9. The molecular formula is C15H22N2O2. The van der Waals surface area contributed by atoms with Gasteiger partial charge in [-0.05, 0) is 37.1 Å². The number of benzene rings is 1. The molecule has 0 spiro atoms. The van der Waals surface area contributed by atoms with Gasteiger partial charge in [-0.15, -0.1) is 0 Å². The normalized spacial score (nSPS) is 20.1. The molecule has 0 radical (unpaired) electrons. The maximum atomic E-state index is 11.4. The van der Waals surface area contributed by atoms with E-state index in [1.807, 2.05) is 24.1 Å². The third kappa shape index (κ3) is 3.96. The Labute approximate surface area is 114 Å². The second kappa shape index (κ2) is 6.06. The molecule has 1 atom stereocenters. The van der Waals surface area contributed by atoms with Crippen LogP contribution in [-0.4, -0.2) is 48.0 Å². The molecule has 2 rings (SSSR count). The zero-order valence-electron chi connectivity index (χ0n) is 11.7. The number of carbonyl (C=O) groups is 1. The van der Waals surface area contributed by atoms with Gasteiger partial charge in [0.05, 0.1) is 0 Å². The van der Waals surface area contributed by atoms with Crippen molar-refractivity contribution in [2.75, 3.05) is 27.2 Å². The van der Waals surface area contributed by atoms with E-state index in [1.165, 1.54) is 0 Å². The van der Waals surface area contributed by atoms with Crippen molar-refractivity contribution >= 4 is 5.91 Å². The second-order valence-electron chi connectivity index (χ2n) is 5.55. The van der Waals surface area contributed by atoms with Crippen molar-refractivity contribution in [2.45, 2.75) is 19.4 Å². The summed E-state index contributed by atoms with van der Waals surface area (Å²) >= 11 is 0. The smallest absolute Gasteiger partial charge is 0.222 e. The molecule has 0 bridgehead atoms. The van der Waals surface area contributed by atoms with Crippen molar-refractivity contribution < 1.29 is 9.90 Å². The number of piperidine rings is 1. The maximum Gasteiger partial charge on any atom is 0.222 e. The number of nitrogens with zero attached hydrogens (tertiary/aromatic N) is 2. The molecule has 1 fully saturated rings. The Hall–Kier alpha value is -1.55. The molecule has 19 heavy (non-hydrogen) atoms. The van der Waals surface area contributed by atoms with Gasteiger partial charge >= 0.3 is 0 Å². The number of hydrogen-bond acceptors (Lipinski definition) is 3. The first-order valence-corrected chi connectivity index (χ1v) is 6.75. The molecule has 1 aromatic carbocycles. The van der Waals surface area contributed by atoms with Gasteiger partial charge in [0.1, 0.15) is 5.75 Å². The Kier molecular flexibility index (Phi) is 4.43. The molecule has 1 N–H and O–H groups in total. The number of hydrogen-bond donors (Lipinski definition) is 1. The van der Waals surface area contributed by atoms with E-state index in [4.69, 9.17) is 0 Å². The highest BCUT2D eigenvalue weighted by Gasteiger charge is 2.23. The molecule has 1 unspecified atom stereocenters. The summed E-state index contributed by atoms with van der Waals surface area (Å²) in [7, 11) is 3.96. The van der Waals surface area contributed by atoms with Crippen molar-refractivity contribution in [1.82, 2.24) is 9.80 Å². The molecule has 0 aromatic heterocycles. The first-order valence-electron chi connectivity index (χ1n) is 6.75. The van der Waals surface area contributed by atoms with Crippen LogP contribution in [0.25, 0.3) is 0 Å². The largest absolute Gasteiger partial charge is 0.508 e. The van der Waals surface area contributed by atoms with Gasteiger partial charge in [0.15, 0.2) is 0 Å². The summed E-state index contributed by atoms with van der Waals surface area (Å²) in [6.07, 6.45) is 1.65. The zero-order chi connectivity index (χ0) is 13.8. The number of amides is 1. The van der Waals surface area contributed by atoms with Crippen LogP contribution in [0.5, 0.6) is 5.75 Å². The van der Waals surface area contributed by atoms with Crippen LogP contribution < -0.4 is 0 Å². The lowest BCUT2D eigenvalue weighted by Gasteiger charge is -2.32. The van der Waals surface area contributed by atoms with Crippen LogP contribution in [0.1, 0.15) is 18.4 Å².